The van der Waals surface area contributed by atoms with Gasteiger partial charge in [0, 0.05) is 12.2 Å². The average Bonchev–Trinajstić information content (AvgIpc) is 2.92. The van der Waals surface area contributed by atoms with Crippen molar-refractivity contribution in [2.45, 2.75) is 39.3 Å². The Balaban J connectivity index is 0.000000217. The zero-order chi connectivity index (χ0) is 27.6. The molecule has 2 aromatic carbocycles. The van der Waals surface area contributed by atoms with E-state index in [2.05, 4.69) is 39.4 Å². The summed E-state index contributed by atoms with van der Waals surface area (Å²) in [6.07, 6.45) is 2.75. The van der Waals surface area contributed by atoms with Gasteiger partial charge in [0.1, 0.15) is 31.0 Å². The van der Waals surface area contributed by atoms with Crippen molar-refractivity contribution in [1.82, 2.24) is 5.32 Å². The molecule has 0 saturated heterocycles. The fourth-order valence-corrected chi connectivity index (χ4v) is 4.73. The van der Waals surface area contributed by atoms with E-state index in [1.54, 1.807) is 21.6 Å². The fraction of sp³-hybridized carbons (Fsp3) is 0.429. The standard InChI is InChI=1S/C13H16N2O2.C8H15N3OS2.C7H8/c1-2-17-13-11(15-12(16)9-14-13)8-10-6-4-3-5-7-10;1-3-12-7-4-10-8(9)6(11-7)5-14-13-2;1-7-5-3-2-4-6-7/h3-7,11H,2,8-9H2,1H3,(H,15,16);6H,3-5H2,1-2H3,(H2,9,10);2-6H,1H3. The lowest BCUT2D eigenvalue weighted by Gasteiger charge is -2.24. The SMILES string of the molecule is CCOC1=NC(CSSC)C(N)=NC1.CCOC1=NCC(=O)NC1Cc1ccccc1.Cc1ccccc1. The van der Waals surface area contributed by atoms with Gasteiger partial charge < -0.3 is 20.5 Å². The summed E-state index contributed by atoms with van der Waals surface area (Å²) in [7, 11) is 3.44. The molecule has 4 rings (SSSR count). The zero-order valence-electron chi connectivity index (χ0n) is 22.6. The number of aryl methyl sites for hydroxylation is 1. The van der Waals surface area contributed by atoms with E-state index in [1.807, 2.05) is 68.6 Å². The topological polar surface area (TPSA) is 111 Å². The predicted molar refractivity (Wildman–Crippen MR) is 162 cm³/mol. The van der Waals surface area contributed by atoms with Gasteiger partial charge in [0.2, 0.25) is 17.7 Å². The van der Waals surface area contributed by atoms with Crippen LogP contribution in [0.5, 0.6) is 0 Å². The van der Waals surface area contributed by atoms with E-state index in [0.29, 0.717) is 43.8 Å². The second-order valence-corrected chi connectivity index (χ2v) is 10.8. The Labute approximate surface area is 234 Å². The number of nitrogens with one attached hydrogen (secondary N) is 1. The molecule has 0 spiro atoms. The van der Waals surface area contributed by atoms with Gasteiger partial charge >= 0.3 is 0 Å². The third-order valence-electron chi connectivity index (χ3n) is 5.22. The summed E-state index contributed by atoms with van der Waals surface area (Å²) in [5.74, 6) is 2.77. The van der Waals surface area contributed by atoms with Crippen LogP contribution < -0.4 is 11.1 Å². The number of carbonyl (C=O) groups excluding carboxylic acids is 1. The molecular formula is C28H39N5O3S2. The van der Waals surface area contributed by atoms with E-state index in [1.165, 1.54) is 5.56 Å². The van der Waals surface area contributed by atoms with Crippen molar-refractivity contribution in [3.63, 3.8) is 0 Å². The molecule has 0 fully saturated rings. The molecule has 1 amide bonds. The van der Waals surface area contributed by atoms with Gasteiger partial charge in [0.05, 0.1) is 13.2 Å². The number of amides is 1. The van der Waals surface area contributed by atoms with Crippen molar-refractivity contribution < 1.29 is 14.3 Å². The summed E-state index contributed by atoms with van der Waals surface area (Å²) in [4.78, 5) is 24.1. The van der Waals surface area contributed by atoms with Crippen LogP contribution >= 0.6 is 21.6 Å². The first-order valence-electron chi connectivity index (χ1n) is 12.6. The molecule has 2 aromatic rings. The number of nitrogens with zero attached hydrogens (tertiary/aromatic N) is 3. The number of hydrogen-bond acceptors (Lipinski definition) is 9. The number of carbonyl (C=O) groups is 1. The average molecular weight is 558 g/mol. The van der Waals surface area contributed by atoms with E-state index < -0.39 is 0 Å². The van der Waals surface area contributed by atoms with Crippen LogP contribution in [-0.4, -0.2) is 73.9 Å². The highest BCUT2D eigenvalue weighted by Gasteiger charge is 2.24. The molecule has 2 heterocycles. The fourth-order valence-electron chi connectivity index (χ4n) is 3.43. The number of hydrogen-bond donors (Lipinski definition) is 2. The molecule has 2 aliphatic heterocycles. The highest BCUT2D eigenvalue weighted by atomic mass is 33.1. The van der Waals surface area contributed by atoms with Crippen LogP contribution in [0, 0.1) is 6.92 Å². The highest BCUT2D eigenvalue weighted by molar-refractivity contribution is 8.76. The largest absolute Gasteiger partial charge is 0.480 e. The van der Waals surface area contributed by atoms with E-state index in [4.69, 9.17) is 15.2 Å². The van der Waals surface area contributed by atoms with Crippen LogP contribution in [0.1, 0.15) is 25.0 Å². The Morgan fingerprint density at radius 1 is 0.974 bits per heavy atom. The lowest BCUT2D eigenvalue weighted by atomic mass is 10.0. The molecule has 8 nitrogen and oxygen atoms in total. The Morgan fingerprint density at radius 2 is 1.63 bits per heavy atom. The van der Waals surface area contributed by atoms with Gasteiger partial charge in [0.25, 0.3) is 0 Å². The van der Waals surface area contributed by atoms with Gasteiger partial charge in [-0.05, 0) is 32.6 Å². The first-order chi connectivity index (χ1) is 18.5. The van der Waals surface area contributed by atoms with Gasteiger partial charge in [0.15, 0.2) is 0 Å². The van der Waals surface area contributed by atoms with Crippen LogP contribution in [0.2, 0.25) is 0 Å². The highest BCUT2D eigenvalue weighted by Crippen LogP contribution is 2.20. The van der Waals surface area contributed by atoms with Gasteiger partial charge in [-0.15, -0.1) is 0 Å². The molecule has 2 unspecified atom stereocenters. The Kier molecular flexibility index (Phi) is 15.0. The Hall–Kier alpha value is -2.98. The van der Waals surface area contributed by atoms with Gasteiger partial charge in [-0.25, -0.2) is 9.98 Å². The summed E-state index contributed by atoms with van der Waals surface area (Å²) < 4.78 is 10.8. The minimum atomic E-state index is -0.140. The maximum absolute atomic E-state index is 11.3. The monoisotopic (exact) mass is 557 g/mol. The van der Waals surface area contributed by atoms with E-state index in [9.17, 15) is 4.79 Å². The number of amidine groups is 1. The first kappa shape index (κ1) is 31.2. The molecule has 38 heavy (non-hydrogen) atoms. The Bertz CT molecular complexity index is 1050. The number of benzene rings is 2. The molecule has 0 aliphatic carbocycles. The molecule has 0 radical (unpaired) electrons. The van der Waals surface area contributed by atoms with Gasteiger partial charge in [-0.3, -0.25) is 9.79 Å². The van der Waals surface area contributed by atoms with Crippen molar-refractivity contribution in [2.75, 3.05) is 38.3 Å². The third-order valence-corrected chi connectivity index (χ3v) is 7.02. The number of nitrogens with two attached hydrogens (primary N) is 1. The van der Waals surface area contributed by atoms with Gasteiger partial charge in [-0.2, -0.15) is 0 Å². The number of ether oxygens (including phenoxy) is 2. The van der Waals surface area contributed by atoms with Crippen molar-refractivity contribution in [3.8, 4) is 0 Å². The van der Waals surface area contributed by atoms with Crippen LogP contribution in [0.15, 0.2) is 75.6 Å². The van der Waals surface area contributed by atoms with Crippen molar-refractivity contribution >= 4 is 45.1 Å². The first-order valence-corrected chi connectivity index (χ1v) is 15.4. The maximum Gasteiger partial charge on any atom is 0.242 e. The number of aliphatic imine (C=N–C) groups is 3. The third kappa shape index (κ3) is 12.0. The normalized spacial score (nSPS) is 18.2. The lowest BCUT2D eigenvalue weighted by molar-refractivity contribution is -0.120. The quantitative estimate of drug-likeness (QED) is 0.491. The molecule has 3 N–H and O–H groups in total. The second kappa shape index (κ2) is 18.3. The zero-order valence-corrected chi connectivity index (χ0v) is 24.3. The van der Waals surface area contributed by atoms with Crippen LogP contribution in [0.4, 0.5) is 0 Å². The minimum Gasteiger partial charge on any atom is -0.480 e. The summed E-state index contributed by atoms with van der Waals surface area (Å²) >= 11 is 0. The van der Waals surface area contributed by atoms with Crippen LogP contribution in [0.3, 0.4) is 0 Å². The van der Waals surface area contributed by atoms with E-state index in [-0.39, 0.29) is 24.5 Å². The lowest BCUT2D eigenvalue weighted by Crippen LogP contribution is -2.48. The summed E-state index contributed by atoms with van der Waals surface area (Å²) in [5, 5.41) is 2.91. The van der Waals surface area contributed by atoms with Crippen molar-refractivity contribution in [2.24, 2.45) is 20.7 Å². The summed E-state index contributed by atoms with van der Waals surface area (Å²) in [6.45, 7) is 7.80. The van der Waals surface area contributed by atoms with E-state index in [0.717, 1.165) is 11.3 Å². The van der Waals surface area contributed by atoms with Crippen LogP contribution in [-0.2, 0) is 20.7 Å². The summed E-state index contributed by atoms with van der Waals surface area (Å²) in [6, 6.07) is 20.1. The molecule has 0 saturated carbocycles. The van der Waals surface area contributed by atoms with Crippen molar-refractivity contribution in [1.29, 1.82) is 0 Å². The second-order valence-electron chi connectivity index (χ2n) is 8.22. The minimum absolute atomic E-state index is 0.0113. The Morgan fingerprint density at radius 3 is 2.21 bits per heavy atom. The molecule has 0 bridgehead atoms. The summed E-state index contributed by atoms with van der Waals surface area (Å²) in [5.41, 5.74) is 8.22. The number of rotatable bonds is 7. The molecule has 2 atom stereocenters. The van der Waals surface area contributed by atoms with Crippen LogP contribution in [0.25, 0.3) is 0 Å². The van der Waals surface area contributed by atoms with E-state index >= 15 is 0 Å². The van der Waals surface area contributed by atoms with Crippen molar-refractivity contribution in [3.05, 3.63) is 71.8 Å². The molecule has 0 aromatic heterocycles. The van der Waals surface area contributed by atoms with Gasteiger partial charge in [-0.1, -0.05) is 87.8 Å². The molecular weight excluding hydrogens is 518 g/mol. The molecule has 10 heteroatoms. The molecule has 206 valence electrons. The maximum atomic E-state index is 11.3. The smallest absolute Gasteiger partial charge is 0.242 e. The predicted octanol–water partition coefficient (Wildman–Crippen LogP) is 4.33. The molecule has 2 aliphatic rings.